The van der Waals surface area contributed by atoms with Gasteiger partial charge in [0.05, 0.1) is 87.8 Å². The molecule has 112 heavy (non-hydrogen) atoms. The minimum Gasteiger partial charge on any atom is -0.494 e. The summed E-state index contributed by atoms with van der Waals surface area (Å²) in [6.07, 6.45) is 14.4. The first-order valence-electron chi connectivity index (χ1n) is 37.2. The minimum atomic E-state index is -0.833. The predicted octanol–water partition coefficient (Wildman–Crippen LogP) is 19.4. The second kappa shape index (κ2) is 36.3. The van der Waals surface area contributed by atoms with Crippen LogP contribution >= 0.6 is 0 Å². The largest absolute Gasteiger partial charge is 0.494 e. The molecule has 6 heterocycles. The van der Waals surface area contributed by atoms with E-state index < -0.39 is 5.97 Å². The third-order valence-electron chi connectivity index (χ3n) is 18.2. The Labute approximate surface area is 652 Å². The van der Waals surface area contributed by atoms with Crippen LogP contribution in [0.25, 0.3) is 69.1 Å². The lowest BCUT2D eigenvalue weighted by Gasteiger charge is -2.11. The summed E-state index contributed by atoms with van der Waals surface area (Å²) < 4.78 is 23.0. The van der Waals surface area contributed by atoms with Gasteiger partial charge in [0.25, 0.3) is 23.7 Å². The fraction of sp³-hybridized carbons (Fsp3) is 0.174. The summed E-state index contributed by atoms with van der Waals surface area (Å²) in [6, 6.07) is 76.4. The van der Waals surface area contributed by atoms with Gasteiger partial charge in [-0.15, -0.1) is 0 Å². The van der Waals surface area contributed by atoms with Crippen molar-refractivity contribution in [2.75, 3.05) is 34.8 Å². The summed E-state index contributed by atoms with van der Waals surface area (Å²) in [4.78, 5) is 49.1. The molecule has 0 aliphatic carbocycles. The van der Waals surface area contributed by atoms with E-state index in [1.807, 2.05) is 308 Å². The number of carboxylic acid groups (broad SMARTS) is 1. The van der Waals surface area contributed by atoms with Crippen molar-refractivity contribution in [1.29, 1.82) is 0 Å². The van der Waals surface area contributed by atoms with E-state index in [4.69, 9.17) is 39.4 Å². The molecule has 3 aliphatic rings. The van der Waals surface area contributed by atoms with Gasteiger partial charge < -0.3 is 19.3 Å². The van der Waals surface area contributed by atoms with E-state index in [0.29, 0.717) is 53.7 Å². The number of rotatable bonds is 21. The molecule has 0 bridgehead atoms. The van der Waals surface area contributed by atoms with Crippen LogP contribution in [-0.4, -0.2) is 95.1 Å². The Morgan fingerprint density at radius 1 is 0.348 bits per heavy atom. The van der Waals surface area contributed by atoms with Crippen molar-refractivity contribution in [3.05, 3.63) is 305 Å². The Hall–Kier alpha value is -13.9. The van der Waals surface area contributed by atoms with Crippen LogP contribution in [0.15, 0.2) is 287 Å². The van der Waals surface area contributed by atoms with Crippen molar-refractivity contribution in [3.8, 4) is 68.1 Å². The van der Waals surface area contributed by atoms with E-state index >= 15 is 0 Å². The smallest absolute Gasteiger partial charge is 0.300 e. The number of aryl methyl sites for hydroxylation is 3. The molecule has 15 rings (SSSR count). The SMILES string of the molecule is CC(=O)O.CCCOc1ccc(-c2nn(-c3ccccc3)cc2/C=C2\C(=O)N(c3ccccc3)N=C2C)c(C)c1.CCCOc1ccc(-c2nn(-c3ccccc3)cc2/C=C2\C(=O)N(c3ccccc3)N=C2C)c(C)c1.CCCOc1ccc(-c2nn(-c3ccccc3)cc2/C=C2\C(=O)N(c3ccccc3)N=C2C)c(C)c1. The first-order chi connectivity index (χ1) is 54.4. The molecule has 0 saturated heterocycles. The Kier molecular flexibility index (Phi) is 25.2. The Morgan fingerprint density at radius 2 is 0.571 bits per heavy atom. The molecule has 20 heteroatoms. The van der Waals surface area contributed by atoms with Crippen LogP contribution in [0.4, 0.5) is 17.1 Å². The molecule has 20 nitrogen and oxygen atoms in total. The summed E-state index contributed by atoms with van der Waals surface area (Å²) in [6.45, 7) is 21.1. The van der Waals surface area contributed by atoms with Gasteiger partial charge in [0.2, 0.25) is 0 Å². The fourth-order valence-electron chi connectivity index (χ4n) is 12.6. The lowest BCUT2D eigenvalue weighted by Crippen LogP contribution is -2.21. The summed E-state index contributed by atoms with van der Waals surface area (Å²) in [5.74, 6) is 1.22. The molecule has 1 N–H and O–H groups in total. The second-order valence-electron chi connectivity index (χ2n) is 26.7. The molecule has 3 aromatic heterocycles. The zero-order valence-electron chi connectivity index (χ0n) is 64.4. The van der Waals surface area contributed by atoms with Crippen molar-refractivity contribution in [2.24, 2.45) is 15.3 Å². The molecule has 3 aliphatic heterocycles. The lowest BCUT2D eigenvalue weighted by atomic mass is 10.0. The van der Waals surface area contributed by atoms with Gasteiger partial charge in [-0.2, -0.15) is 45.6 Å². The summed E-state index contributed by atoms with van der Waals surface area (Å²) in [5, 5.41) is 40.2. The highest BCUT2D eigenvalue weighted by atomic mass is 16.5. The van der Waals surface area contributed by atoms with Crippen LogP contribution in [0.2, 0.25) is 0 Å². The van der Waals surface area contributed by atoms with Gasteiger partial charge >= 0.3 is 0 Å². The molecular formula is C92H88N12O8. The maximum Gasteiger partial charge on any atom is 0.300 e. The number of hydrogen-bond donors (Lipinski definition) is 1. The van der Waals surface area contributed by atoms with Crippen molar-refractivity contribution >= 4 is 76.1 Å². The van der Waals surface area contributed by atoms with E-state index in [1.165, 1.54) is 15.0 Å². The quantitative estimate of drug-likeness (QED) is 0.0667. The number of amides is 3. The maximum atomic E-state index is 13.4. The van der Waals surface area contributed by atoms with E-state index in [-0.39, 0.29) is 17.7 Å². The number of anilines is 3. The maximum absolute atomic E-state index is 13.4. The zero-order valence-corrected chi connectivity index (χ0v) is 64.4. The molecule has 0 radical (unpaired) electrons. The number of hydrazone groups is 3. The molecule has 564 valence electrons. The topological polar surface area (TPSA) is 216 Å². The van der Waals surface area contributed by atoms with Crippen LogP contribution in [0, 0.1) is 20.8 Å². The number of hydrogen-bond acceptors (Lipinski definition) is 13. The predicted molar refractivity (Wildman–Crippen MR) is 447 cm³/mol. The average Bonchev–Trinajstić information content (AvgIpc) is 1.64. The number of carboxylic acids is 1. The van der Waals surface area contributed by atoms with Gasteiger partial charge in [-0.25, -0.2) is 14.0 Å². The zero-order chi connectivity index (χ0) is 78.8. The van der Waals surface area contributed by atoms with Gasteiger partial charge in [0, 0.05) is 58.9 Å². The van der Waals surface area contributed by atoms with E-state index in [9.17, 15) is 14.4 Å². The van der Waals surface area contributed by atoms with Crippen molar-refractivity contribution in [3.63, 3.8) is 0 Å². The van der Waals surface area contributed by atoms with Crippen LogP contribution in [0.5, 0.6) is 17.2 Å². The van der Waals surface area contributed by atoms with Crippen LogP contribution in [0.1, 0.15) is 101 Å². The number of para-hydroxylation sites is 6. The highest BCUT2D eigenvalue weighted by Crippen LogP contribution is 2.37. The van der Waals surface area contributed by atoms with E-state index in [2.05, 4.69) is 56.8 Å². The molecule has 0 atom stereocenters. The van der Waals surface area contributed by atoms with Crippen molar-refractivity contribution in [1.82, 2.24) is 29.3 Å². The van der Waals surface area contributed by atoms with Crippen molar-refractivity contribution in [2.45, 2.75) is 88.5 Å². The van der Waals surface area contributed by atoms with E-state index in [0.717, 1.165) is 145 Å². The number of carbonyl (C=O) groups is 4. The Balaban J connectivity index is 0.000000152. The normalized spacial score (nSPS) is 14.1. The average molecular weight is 1490 g/mol. The third kappa shape index (κ3) is 18.4. The highest BCUT2D eigenvalue weighted by molar-refractivity contribution is 6.34. The number of aliphatic carboxylic acids is 1. The number of carbonyl (C=O) groups excluding carboxylic acids is 3. The monoisotopic (exact) mass is 1490 g/mol. The van der Waals surface area contributed by atoms with Gasteiger partial charge in [-0.05, 0) is 223 Å². The summed E-state index contributed by atoms with van der Waals surface area (Å²) >= 11 is 0. The third-order valence-corrected chi connectivity index (χ3v) is 18.2. The molecule has 9 aromatic carbocycles. The first kappa shape index (κ1) is 77.7. The number of benzene rings is 9. The Bertz CT molecular complexity index is 5010. The van der Waals surface area contributed by atoms with E-state index in [1.54, 1.807) is 0 Å². The van der Waals surface area contributed by atoms with Crippen LogP contribution in [0.3, 0.4) is 0 Å². The number of nitrogens with zero attached hydrogens (tertiary/aromatic N) is 12. The molecule has 3 amide bonds. The molecule has 0 spiro atoms. The van der Waals surface area contributed by atoms with Gasteiger partial charge in [-0.1, -0.05) is 130 Å². The molecule has 0 unspecified atom stereocenters. The number of aromatic nitrogens is 6. The van der Waals surface area contributed by atoms with Gasteiger partial charge in [0.15, 0.2) is 0 Å². The lowest BCUT2D eigenvalue weighted by molar-refractivity contribution is -0.134. The van der Waals surface area contributed by atoms with Gasteiger partial charge in [0.1, 0.15) is 34.3 Å². The van der Waals surface area contributed by atoms with Gasteiger partial charge in [-0.3, -0.25) is 19.2 Å². The second-order valence-corrected chi connectivity index (χ2v) is 26.7. The molecular weight excluding hydrogens is 1400 g/mol. The Morgan fingerprint density at radius 3 is 0.786 bits per heavy atom. The minimum absolute atomic E-state index is 0.155. The standard InChI is InChI=1S/3C30H28N4O2.C2H4O2/c3*1-4-17-36-26-15-16-27(21(2)18-26)29-23(20-33(32-29)24-11-7-5-8-12-24)19-28-22(3)31-34(30(28)35)25-13-9-6-10-14-25;1-2(3)4/h3*5-16,18-20H,4,17H2,1-3H3;1H3,(H,3,4)/b3*28-19-;. The van der Waals surface area contributed by atoms with Crippen LogP contribution in [-0.2, 0) is 19.2 Å². The highest BCUT2D eigenvalue weighted by Gasteiger charge is 2.33. The molecule has 0 saturated carbocycles. The first-order valence-corrected chi connectivity index (χ1v) is 37.2. The molecule has 0 fully saturated rings. The fourth-order valence-corrected chi connectivity index (χ4v) is 12.6. The number of ether oxygens (including phenoxy) is 3. The summed E-state index contributed by atoms with van der Waals surface area (Å²) in [5.41, 5.74) is 19.7. The van der Waals surface area contributed by atoms with Crippen LogP contribution < -0.4 is 29.2 Å². The molecule has 12 aromatic rings. The summed E-state index contributed by atoms with van der Waals surface area (Å²) in [7, 11) is 0. The van der Waals surface area contributed by atoms with Crippen molar-refractivity contribution < 1.29 is 38.5 Å².